The molecule has 1 aliphatic rings. The Kier molecular flexibility index (Phi) is 5.56. The smallest absolute Gasteiger partial charge is 0.339 e. The minimum atomic E-state index is -0.902. The number of aromatic nitrogens is 1. The second-order valence-electron chi connectivity index (χ2n) is 5.25. The Bertz CT molecular complexity index is 503. The molecule has 1 N–H and O–H groups in total. The number of carboxylic acid groups (broad SMARTS) is 1. The molecule has 0 saturated heterocycles. The highest BCUT2D eigenvalue weighted by atomic mass is 16.5. The molecule has 1 aliphatic carbocycles. The Morgan fingerprint density at radius 1 is 1.38 bits per heavy atom. The van der Waals surface area contributed by atoms with E-state index in [9.17, 15) is 9.90 Å². The van der Waals surface area contributed by atoms with Gasteiger partial charge in [-0.2, -0.15) is 0 Å². The van der Waals surface area contributed by atoms with Crippen LogP contribution in [-0.4, -0.2) is 42.4 Å². The van der Waals surface area contributed by atoms with Gasteiger partial charge in [0.15, 0.2) is 0 Å². The van der Waals surface area contributed by atoms with E-state index < -0.39 is 5.97 Å². The van der Waals surface area contributed by atoms with Crippen LogP contribution in [0.4, 0.5) is 5.82 Å². The lowest BCUT2D eigenvalue weighted by molar-refractivity contribution is 0.0696. The fraction of sp³-hybridized carbons (Fsp3) is 0.625. The number of ether oxygens (including phenoxy) is 1. The number of rotatable bonds is 7. The highest BCUT2D eigenvalue weighted by Gasteiger charge is 2.21. The zero-order valence-electron chi connectivity index (χ0n) is 12.9. The number of aromatic carboxylic acids is 1. The van der Waals surface area contributed by atoms with Gasteiger partial charge in [0.05, 0.1) is 6.61 Å². The molecule has 0 spiro atoms. The summed E-state index contributed by atoms with van der Waals surface area (Å²) in [5.41, 5.74) is 2.48. The van der Waals surface area contributed by atoms with Crippen molar-refractivity contribution in [1.29, 1.82) is 0 Å². The molecule has 1 aromatic heterocycles. The number of carbonyl (C=O) groups is 1. The van der Waals surface area contributed by atoms with Crippen LogP contribution in [0.15, 0.2) is 6.07 Å². The maximum atomic E-state index is 11.6. The Balaban J connectivity index is 2.32. The van der Waals surface area contributed by atoms with Gasteiger partial charge in [0.1, 0.15) is 11.4 Å². The zero-order chi connectivity index (χ0) is 15.2. The van der Waals surface area contributed by atoms with E-state index in [0.29, 0.717) is 31.1 Å². The van der Waals surface area contributed by atoms with Gasteiger partial charge in [-0.1, -0.05) is 0 Å². The van der Waals surface area contributed by atoms with Gasteiger partial charge in [-0.3, -0.25) is 0 Å². The molecule has 0 unspecified atom stereocenters. The fourth-order valence-corrected chi connectivity index (χ4v) is 2.75. The second-order valence-corrected chi connectivity index (χ2v) is 5.25. The summed E-state index contributed by atoms with van der Waals surface area (Å²) in [5.74, 6) is -0.314. The van der Waals surface area contributed by atoms with Crippen LogP contribution in [0.3, 0.4) is 0 Å². The Labute approximate surface area is 125 Å². The molecule has 1 aromatic rings. The maximum Gasteiger partial charge on any atom is 0.339 e. The lowest BCUT2D eigenvalue weighted by Crippen LogP contribution is -2.30. The van der Waals surface area contributed by atoms with E-state index in [2.05, 4.69) is 4.98 Å². The SMILES string of the molecule is CCOCCN(CC)c1nc2c(cc1C(=O)O)CCCC2. The van der Waals surface area contributed by atoms with Crippen molar-refractivity contribution in [3.8, 4) is 0 Å². The summed E-state index contributed by atoms with van der Waals surface area (Å²) in [6.07, 6.45) is 4.14. The van der Waals surface area contributed by atoms with Crippen LogP contribution in [0.2, 0.25) is 0 Å². The summed E-state index contributed by atoms with van der Waals surface area (Å²) < 4.78 is 5.38. The number of anilines is 1. The van der Waals surface area contributed by atoms with Crippen LogP contribution in [0, 0.1) is 0 Å². The van der Waals surface area contributed by atoms with Crippen molar-refractivity contribution in [3.05, 3.63) is 22.9 Å². The van der Waals surface area contributed by atoms with Gasteiger partial charge in [0, 0.05) is 25.4 Å². The minimum Gasteiger partial charge on any atom is -0.478 e. The maximum absolute atomic E-state index is 11.6. The van der Waals surface area contributed by atoms with E-state index >= 15 is 0 Å². The van der Waals surface area contributed by atoms with Gasteiger partial charge in [0.2, 0.25) is 0 Å². The number of likely N-dealkylation sites (N-methyl/N-ethyl adjacent to an activating group) is 1. The quantitative estimate of drug-likeness (QED) is 0.782. The molecule has 5 nitrogen and oxygen atoms in total. The molecule has 0 bridgehead atoms. The van der Waals surface area contributed by atoms with Crippen LogP contribution >= 0.6 is 0 Å². The van der Waals surface area contributed by atoms with Crippen molar-refractivity contribution < 1.29 is 14.6 Å². The van der Waals surface area contributed by atoms with E-state index in [1.807, 2.05) is 24.8 Å². The molecule has 0 amide bonds. The van der Waals surface area contributed by atoms with E-state index in [4.69, 9.17) is 4.74 Å². The van der Waals surface area contributed by atoms with E-state index in [1.165, 1.54) is 0 Å². The zero-order valence-corrected chi connectivity index (χ0v) is 12.9. The first-order valence-corrected chi connectivity index (χ1v) is 7.76. The number of aryl methyl sites for hydroxylation is 2. The third kappa shape index (κ3) is 3.73. The molecule has 1 heterocycles. The summed E-state index contributed by atoms with van der Waals surface area (Å²) in [5, 5.41) is 9.49. The number of nitrogens with zero attached hydrogens (tertiary/aromatic N) is 2. The topological polar surface area (TPSA) is 62.7 Å². The first-order valence-electron chi connectivity index (χ1n) is 7.76. The average Bonchev–Trinajstić information content (AvgIpc) is 2.50. The normalized spacial score (nSPS) is 13.8. The third-order valence-corrected chi connectivity index (χ3v) is 3.90. The lowest BCUT2D eigenvalue weighted by Gasteiger charge is -2.26. The third-order valence-electron chi connectivity index (χ3n) is 3.90. The Morgan fingerprint density at radius 3 is 2.81 bits per heavy atom. The van der Waals surface area contributed by atoms with Gasteiger partial charge >= 0.3 is 5.97 Å². The van der Waals surface area contributed by atoms with Crippen molar-refractivity contribution in [2.45, 2.75) is 39.5 Å². The van der Waals surface area contributed by atoms with Gasteiger partial charge < -0.3 is 14.7 Å². The summed E-state index contributed by atoms with van der Waals surface area (Å²) in [4.78, 5) is 18.2. The Hall–Kier alpha value is -1.62. The molecule has 21 heavy (non-hydrogen) atoms. The van der Waals surface area contributed by atoms with Gasteiger partial charge in [-0.25, -0.2) is 9.78 Å². The van der Waals surface area contributed by atoms with Crippen LogP contribution in [-0.2, 0) is 17.6 Å². The monoisotopic (exact) mass is 292 g/mol. The predicted octanol–water partition coefficient (Wildman–Crippen LogP) is 2.52. The van der Waals surface area contributed by atoms with E-state index in [-0.39, 0.29) is 0 Å². The van der Waals surface area contributed by atoms with Crippen molar-refractivity contribution in [3.63, 3.8) is 0 Å². The predicted molar refractivity (Wildman–Crippen MR) is 82.2 cm³/mol. The first-order chi connectivity index (χ1) is 10.2. The lowest BCUT2D eigenvalue weighted by atomic mass is 9.94. The molecule has 0 saturated carbocycles. The van der Waals surface area contributed by atoms with Gasteiger partial charge in [-0.05, 0) is 51.2 Å². The molecule has 0 aromatic carbocycles. The number of hydrogen-bond acceptors (Lipinski definition) is 4. The molecular weight excluding hydrogens is 268 g/mol. The van der Waals surface area contributed by atoms with Gasteiger partial charge in [0.25, 0.3) is 0 Å². The molecule has 0 radical (unpaired) electrons. The Morgan fingerprint density at radius 2 is 2.14 bits per heavy atom. The molecule has 0 fully saturated rings. The molecule has 0 aliphatic heterocycles. The van der Waals surface area contributed by atoms with Crippen LogP contribution in [0.25, 0.3) is 0 Å². The van der Waals surface area contributed by atoms with Crippen molar-refractivity contribution >= 4 is 11.8 Å². The molecular formula is C16H24N2O3. The van der Waals surface area contributed by atoms with Crippen LogP contribution in [0.5, 0.6) is 0 Å². The molecule has 5 heteroatoms. The highest BCUT2D eigenvalue weighted by molar-refractivity contribution is 5.93. The molecule has 0 atom stereocenters. The highest BCUT2D eigenvalue weighted by Crippen LogP contribution is 2.26. The standard InChI is InChI=1S/C16H24N2O3/c1-3-18(9-10-21-4-2)15-13(16(19)20)11-12-7-5-6-8-14(12)17-15/h11H,3-10H2,1-2H3,(H,19,20). The van der Waals surface area contributed by atoms with Crippen LogP contribution in [0.1, 0.15) is 48.3 Å². The molecule has 2 rings (SSSR count). The van der Waals surface area contributed by atoms with Gasteiger partial charge in [-0.15, -0.1) is 0 Å². The number of hydrogen-bond donors (Lipinski definition) is 1. The van der Waals surface area contributed by atoms with E-state index in [1.54, 1.807) is 0 Å². The minimum absolute atomic E-state index is 0.314. The first kappa shape index (κ1) is 15.8. The summed E-state index contributed by atoms with van der Waals surface area (Å²) in [6, 6.07) is 1.82. The largest absolute Gasteiger partial charge is 0.478 e. The fourth-order valence-electron chi connectivity index (χ4n) is 2.75. The molecule has 116 valence electrons. The van der Waals surface area contributed by atoms with E-state index in [0.717, 1.165) is 43.5 Å². The van der Waals surface area contributed by atoms with Crippen LogP contribution < -0.4 is 4.90 Å². The second kappa shape index (κ2) is 7.41. The summed E-state index contributed by atoms with van der Waals surface area (Å²) in [7, 11) is 0. The summed E-state index contributed by atoms with van der Waals surface area (Å²) >= 11 is 0. The average molecular weight is 292 g/mol. The number of carboxylic acids is 1. The van der Waals surface area contributed by atoms with Crippen molar-refractivity contribution in [1.82, 2.24) is 4.98 Å². The van der Waals surface area contributed by atoms with Crippen molar-refractivity contribution in [2.24, 2.45) is 0 Å². The number of pyridine rings is 1. The van der Waals surface area contributed by atoms with Crippen molar-refractivity contribution in [2.75, 3.05) is 31.2 Å². The summed E-state index contributed by atoms with van der Waals surface area (Å²) in [6.45, 7) is 6.60. The number of fused-ring (bicyclic) bond motifs is 1.